The number of nitrogens with zero attached hydrogens (tertiary/aromatic N) is 3. The lowest BCUT2D eigenvalue weighted by Crippen LogP contribution is -2.33. The summed E-state index contributed by atoms with van der Waals surface area (Å²) < 4.78 is 14.2. The van der Waals surface area contributed by atoms with Crippen LogP contribution in [0.25, 0.3) is 21.8 Å². The Labute approximate surface area is 175 Å². The van der Waals surface area contributed by atoms with Crippen LogP contribution >= 0.6 is 11.3 Å². The Balaban J connectivity index is 1.41. The number of thiazole rings is 1. The van der Waals surface area contributed by atoms with E-state index in [9.17, 15) is 14.0 Å². The van der Waals surface area contributed by atoms with E-state index in [1.165, 1.54) is 29.5 Å². The Bertz CT molecular complexity index is 1220. The van der Waals surface area contributed by atoms with Crippen LogP contribution in [0.4, 0.5) is 4.39 Å². The SMILES string of the molecule is O=C(Cn1nc(-c2ccc(F)cc2)ccc1=O)NCc1csc(-c2ccccc2)n1. The highest BCUT2D eigenvalue weighted by atomic mass is 32.1. The van der Waals surface area contributed by atoms with E-state index < -0.39 is 5.56 Å². The van der Waals surface area contributed by atoms with Crippen molar-refractivity contribution in [2.45, 2.75) is 13.1 Å². The molecule has 0 saturated carbocycles. The lowest BCUT2D eigenvalue weighted by Gasteiger charge is -2.08. The number of carbonyl (C=O) groups excluding carboxylic acids is 1. The monoisotopic (exact) mass is 420 g/mol. The van der Waals surface area contributed by atoms with Crippen LogP contribution in [0.3, 0.4) is 0 Å². The fourth-order valence-corrected chi connectivity index (χ4v) is 3.65. The third kappa shape index (κ3) is 4.66. The molecule has 0 aliphatic carbocycles. The molecule has 0 saturated heterocycles. The minimum absolute atomic E-state index is 0.219. The molecule has 2 heterocycles. The summed E-state index contributed by atoms with van der Waals surface area (Å²) in [6.07, 6.45) is 0. The molecule has 2 aromatic carbocycles. The average Bonchev–Trinajstić information content (AvgIpc) is 3.24. The quantitative estimate of drug-likeness (QED) is 0.518. The molecule has 8 heteroatoms. The van der Waals surface area contributed by atoms with E-state index in [0.717, 1.165) is 20.9 Å². The van der Waals surface area contributed by atoms with Crippen molar-refractivity contribution in [1.82, 2.24) is 20.1 Å². The van der Waals surface area contributed by atoms with E-state index in [0.29, 0.717) is 11.3 Å². The normalized spacial score (nSPS) is 10.7. The van der Waals surface area contributed by atoms with Gasteiger partial charge in [0.1, 0.15) is 17.4 Å². The first-order valence-corrected chi connectivity index (χ1v) is 10.1. The van der Waals surface area contributed by atoms with E-state index in [1.54, 1.807) is 18.2 Å². The highest BCUT2D eigenvalue weighted by Gasteiger charge is 2.10. The van der Waals surface area contributed by atoms with Gasteiger partial charge in [-0.2, -0.15) is 5.10 Å². The standard InChI is InChI=1S/C22H17FN4O2S/c23-17-8-6-15(7-9-17)19-10-11-21(29)27(26-19)13-20(28)24-12-18-14-30-22(25-18)16-4-2-1-3-5-16/h1-11,14H,12-13H2,(H,24,28). The van der Waals surface area contributed by atoms with E-state index >= 15 is 0 Å². The van der Waals surface area contributed by atoms with Gasteiger partial charge < -0.3 is 5.32 Å². The lowest BCUT2D eigenvalue weighted by molar-refractivity contribution is -0.122. The molecule has 0 aliphatic rings. The van der Waals surface area contributed by atoms with E-state index in [1.807, 2.05) is 35.7 Å². The van der Waals surface area contributed by atoms with Gasteiger partial charge in [0.25, 0.3) is 5.56 Å². The maximum Gasteiger partial charge on any atom is 0.267 e. The highest BCUT2D eigenvalue weighted by Crippen LogP contribution is 2.23. The third-order valence-electron chi connectivity index (χ3n) is 4.34. The van der Waals surface area contributed by atoms with Gasteiger partial charge in [0, 0.05) is 22.6 Å². The molecule has 1 amide bonds. The zero-order valence-corrected chi connectivity index (χ0v) is 16.6. The molecule has 150 valence electrons. The van der Waals surface area contributed by atoms with Crippen molar-refractivity contribution in [3.8, 4) is 21.8 Å². The number of aromatic nitrogens is 3. The summed E-state index contributed by atoms with van der Waals surface area (Å²) in [6.45, 7) is 0.0398. The summed E-state index contributed by atoms with van der Waals surface area (Å²) in [5.41, 5.74) is 2.51. The van der Waals surface area contributed by atoms with Gasteiger partial charge in [-0.1, -0.05) is 30.3 Å². The van der Waals surface area contributed by atoms with Crippen LogP contribution in [0, 0.1) is 5.82 Å². The van der Waals surface area contributed by atoms with Crippen molar-refractivity contribution in [2.75, 3.05) is 0 Å². The maximum absolute atomic E-state index is 13.1. The Kier molecular flexibility index (Phi) is 5.76. The first-order valence-electron chi connectivity index (χ1n) is 9.19. The van der Waals surface area contributed by atoms with Crippen molar-refractivity contribution in [1.29, 1.82) is 0 Å². The topological polar surface area (TPSA) is 76.9 Å². The molecule has 0 bridgehead atoms. The number of hydrogen-bond acceptors (Lipinski definition) is 5. The zero-order valence-electron chi connectivity index (χ0n) is 15.8. The van der Waals surface area contributed by atoms with Crippen LogP contribution in [0.5, 0.6) is 0 Å². The second kappa shape index (κ2) is 8.79. The van der Waals surface area contributed by atoms with Crippen LogP contribution in [-0.2, 0) is 17.9 Å². The van der Waals surface area contributed by atoms with Gasteiger partial charge in [-0.05, 0) is 30.3 Å². The van der Waals surface area contributed by atoms with E-state index in [-0.39, 0.29) is 24.8 Å². The number of benzene rings is 2. The number of halogens is 1. The summed E-state index contributed by atoms with van der Waals surface area (Å²) in [5.74, 6) is -0.709. The van der Waals surface area contributed by atoms with Crippen molar-refractivity contribution in [3.05, 3.63) is 94.0 Å². The molecule has 2 aromatic heterocycles. The fourth-order valence-electron chi connectivity index (χ4n) is 2.82. The zero-order chi connectivity index (χ0) is 20.9. The maximum atomic E-state index is 13.1. The molecule has 0 unspecified atom stereocenters. The second-order valence-electron chi connectivity index (χ2n) is 6.51. The summed E-state index contributed by atoms with van der Waals surface area (Å²) in [6, 6.07) is 18.5. The van der Waals surface area contributed by atoms with Crippen molar-refractivity contribution in [3.63, 3.8) is 0 Å². The van der Waals surface area contributed by atoms with Crippen LogP contribution < -0.4 is 10.9 Å². The minimum Gasteiger partial charge on any atom is -0.349 e. The van der Waals surface area contributed by atoms with Gasteiger partial charge in [-0.25, -0.2) is 14.1 Å². The molecule has 6 nitrogen and oxygen atoms in total. The average molecular weight is 420 g/mol. The Morgan fingerprint density at radius 3 is 2.53 bits per heavy atom. The largest absolute Gasteiger partial charge is 0.349 e. The van der Waals surface area contributed by atoms with Gasteiger partial charge >= 0.3 is 0 Å². The molecule has 0 spiro atoms. The summed E-state index contributed by atoms with van der Waals surface area (Å²) in [5, 5.41) is 9.75. The van der Waals surface area contributed by atoms with E-state index in [4.69, 9.17) is 0 Å². The number of nitrogens with one attached hydrogen (secondary N) is 1. The Hall–Kier alpha value is -3.65. The lowest BCUT2D eigenvalue weighted by atomic mass is 10.1. The number of rotatable bonds is 6. The predicted molar refractivity (Wildman–Crippen MR) is 113 cm³/mol. The van der Waals surface area contributed by atoms with Crippen LogP contribution in [0.2, 0.25) is 0 Å². The van der Waals surface area contributed by atoms with Gasteiger partial charge in [-0.15, -0.1) is 11.3 Å². The summed E-state index contributed by atoms with van der Waals surface area (Å²) >= 11 is 1.50. The predicted octanol–water partition coefficient (Wildman–Crippen LogP) is 3.49. The number of carbonyl (C=O) groups is 1. The van der Waals surface area contributed by atoms with Gasteiger partial charge in [0.2, 0.25) is 5.91 Å². The Morgan fingerprint density at radius 2 is 1.77 bits per heavy atom. The minimum atomic E-state index is -0.393. The fraction of sp³-hybridized carbons (Fsp3) is 0.0909. The molecule has 0 aliphatic heterocycles. The molecule has 0 atom stereocenters. The van der Waals surface area contributed by atoms with Crippen molar-refractivity contribution >= 4 is 17.2 Å². The van der Waals surface area contributed by atoms with Gasteiger partial charge in [0.05, 0.1) is 17.9 Å². The molecular formula is C22H17FN4O2S. The number of hydrogen-bond donors (Lipinski definition) is 1. The first-order chi connectivity index (χ1) is 14.6. The van der Waals surface area contributed by atoms with Crippen LogP contribution in [-0.4, -0.2) is 20.7 Å². The molecule has 4 rings (SSSR count). The van der Waals surface area contributed by atoms with E-state index in [2.05, 4.69) is 15.4 Å². The molecule has 30 heavy (non-hydrogen) atoms. The van der Waals surface area contributed by atoms with Gasteiger partial charge in [-0.3, -0.25) is 9.59 Å². The van der Waals surface area contributed by atoms with Crippen molar-refractivity contribution in [2.24, 2.45) is 0 Å². The van der Waals surface area contributed by atoms with Crippen LogP contribution in [0.15, 0.2) is 76.9 Å². The smallest absolute Gasteiger partial charge is 0.267 e. The third-order valence-corrected chi connectivity index (χ3v) is 5.28. The second-order valence-corrected chi connectivity index (χ2v) is 7.37. The summed E-state index contributed by atoms with van der Waals surface area (Å²) in [4.78, 5) is 28.9. The van der Waals surface area contributed by atoms with Crippen molar-refractivity contribution < 1.29 is 9.18 Å². The molecule has 0 fully saturated rings. The Morgan fingerprint density at radius 1 is 1.00 bits per heavy atom. The van der Waals surface area contributed by atoms with Gasteiger partial charge in [0.15, 0.2) is 0 Å². The molecule has 1 N–H and O–H groups in total. The highest BCUT2D eigenvalue weighted by molar-refractivity contribution is 7.13. The summed E-state index contributed by atoms with van der Waals surface area (Å²) in [7, 11) is 0. The number of amides is 1. The van der Waals surface area contributed by atoms with Crippen LogP contribution in [0.1, 0.15) is 5.69 Å². The molecule has 0 radical (unpaired) electrons. The molecule has 4 aromatic rings. The first kappa shape index (κ1) is 19.7. The molecular weight excluding hydrogens is 403 g/mol.